The summed E-state index contributed by atoms with van der Waals surface area (Å²) in [5.41, 5.74) is 1.89. The van der Waals surface area contributed by atoms with E-state index in [4.69, 9.17) is 26.3 Å². The first-order valence-electron chi connectivity index (χ1n) is 10.4. The average Bonchev–Trinajstić information content (AvgIpc) is 2.83. The summed E-state index contributed by atoms with van der Waals surface area (Å²) >= 11 is 6.42. The second kappa shape index (κ2) is 12.1. The zero-order valence-electron chi connectivity index (χ0n) is 18.3. The molecule has 11 heteroatoms. The van der Waals surface area contributed by atoms with Gasteiger partial charge < -0.3 is 25.0 Å². The molecule has 0 unspecified atom stereocenters. The lowest BCUT2D eigenvalue weighted by atomic mass is 10.1. The Morgan fingerprint density at radius 1 is 1.27 bits per heavy atom. The predicted octanol–water partition coefficient (Wildman–Crippen LogP) is 1.18. The third-order valence-corrected chi connectivity index (χ3v) is 5.37. The lowest BCUT2D eigenvalue weighted by Gasteiger charge is -2.26. The molecule has 0 radical (unpaired) electrons. The Kier molecular flexibility index (Phi) is 8.95. The van der Waals surface area contributed by atoms with Gasteiger partial charge in [0.05, 0.1) is 57.1 Å². The number of anilines is 1. The van der Waals surface area contributed by atoms with Crippen LogP contribution in [-0.4, -0.2) is 73.2 Å². The summed E-state index contributed by atoms with van der Waals surface area (Å²) in [6.45, 7) is 3.20. The molecule has 0 bridgehead atoms. The molecule has 0 spiro atoms. The van der Waals surface area contributed by atoms with Gasteiger partial charge in [-0.25, -0.2) is 4.98 Å². The van der Waals surface area contributed by atoms with Gasteiger partial charge in [0.25, 0.3) is 0 Å². The molecule has 1 aromatic heterocycles. The monoisotopic (exact) mass is 472 g/mol. The van der Waals surface area contributed by atoms with Crippen LogP contribution in [0.2, 0.25) is 5.02 Å². The number of halogens is 1. The number of methoxy groups -OCH3 is 1. The molecule has 1 fully saturated rings. The first-order chi connectivity index (χ1) is 16.0. The van der Waals surface area contributed by atoms with Gasteiger partial charge in [0, 0.05) is 18.1 Å². The SMILES string of the molecule is COc1cc(CCNCC(=O)N2CCOCC2)c(Cl)cc1NC(=O)Cc1cnc(C#N)cn1. The zero-order chi connectivity index (χ0) is 23.6. The molecule has 33 heavy (non-hydrogen) atoms. The van der Waals surface area contributed by atoms with Crippen molar-refractivity contribution in [2.24, 2.45) is 0 Å². The van der Waals surface area contributed by atoms with E-state index in [9.17, 15) is 9.59 Å². The first-order valence-corrected chi connectivity index (χ1v) is 10.8. The first kappa shape index (κ1) is 24.4. The number of rotatable bonds is 9. The molecule has 1 aliphatic heterocycles. The largest absolute Gasteiger partial charge is 0.495 e. The standard InChI is InChI=1S/C22H25ClN6O4/c1-32-20-8-15(2-3-25-14-22(31)29-4-6-33-7-5-29)18(23)10-19(20)28-21(30)9-16-12-27-17(11-24)13-26-16/h8,10,12-13,25H,2-7,9,14H2,1H3,(H,28,30). The fourth-order valence-electron chi connectivity index (χ4n) is 3.26. The van der Waals surface area contributed by atoms with E-state index in [0.29, 0.717) is 61.4 Å². The van der Waals surface area contributed by atoms with E-state index in [1.165, 1.54) is 19.5 Å². The summed E-state index contributed by atoms with van der Waals surface area (Å²) in [6.07, 6.45) is 3.28. The van der Waals surface area contributed by atoms with Crippen LogP contribution in [-0.2, 0) is 27.2 Å². The average molecular weight is 473 g/mol. The number of carbonyl (C=O) groups is 2. The molecule has 2 N–H and O–H groups in total. The van der Waals surface area contributed by atoms with E-state index >= 15 is 0 Å². The fraction of sp³-hybridized carbons (Fsp3) is 0.409. The Labute approximate surface area is 196 Å². The molecule has 2 heterocycles. The van der Waals surface area contributed by atoms with Crippen molar-refractivity contribution in [3.8, 4) is 11.8 Å². The highest BCUT2D eigenvalue weighted by Crippen LogP contribution is 2.31. The van der Waals surface area contributed by atoms with Crippen molar-refractivity contribution < 1.29 is 19.1 Å². The molecule has 174 valence electrons. The highest BCUT2D eigenvalue weighted by molar-refractivity contribution is 6.31. The van der Waals surface area contributed by atoms with Crippen LogP contribution in [0.4, 0.5) is 5.69 Å². The summed E-state index contributed by atoms with van der Waals surface area (Å²) in [4.78, 5) is 34.3. The van der Waals surface area contributed by atoms with Crippen molar-refractivity contribution in [2.45, 2.75) is 12.8 Å². The zero-order valence-corrected chi connectivity index (χ0v) is 19.0. The smallest absolute Gasteiger partial charge is 0.236 e. The maximum atomic E-state index is 12.4. The van der Waals surface area contributed by atoms with Gasteiger partial charge in [0.15, 0.2) is 5.69 Å². The van der Waals surface area contributed by atoms with Gasteiger partial charge in [-0.2, -0.15) is 5.26 Å². The number of amides is 2. The van der Waals surface area contributed by atoms with Crippen LogP contribution < -0.4 is 15.4 Å². The summed E-state index contributed by atoms with van der Waals surface area (Å²) in [7, 11) is 1.51. The molecule has 1 aliphatic rings. The molecule has 1 saturated heterocycles. The van der Waals surface area contributed by atoms with Gasteiger partial charge in [-0.3, -0.25) is 14.6 Å². The quantitative estimate of drug-likeness (QED) is 0.520. The molecule has 1 aromatic carbocycles. The van der Waals surface area contributed by atoms with E-state index in [1.807, 2.05) is 6.07 Å². The van der Waals surface area contributed by atoms with E-state index in [-0.39, 0.29) is 30.5 Å². The summed E-state index contributed by atoms with van der Waals surface area (Å²) < 4.78 is 10.7. The number of nitrogens with one attached hydrogen (secondary N) is 2. The van der Waals surface area contributed by atoms with Gasteiger partial charge in [-0.15, -0.1) is 0 Å². The maximum absolute atomic E-state index is 12.4. The number of aromatic nitrogens is 2. The van der Waals surface area contributed by atoms with Gasteiger partial charge in [0.2, 0.25) is 11.8 Å². The molecular weight excluding hydrogens is 448 g/mol. The van der Waals surface area contributed by atoms with Gasteiger partial charge >= 0.3 is 0 Å². The van der Waals surface area contributed by atoms with Crippen molar-refractivity contribution in [3.63, 3.8) is 0 Å². The molecule has 2 amide bonds. The molecule has 2 aromatic rings. The lowest BCUT2D eigenvalue weighted by molar-refractivity contribution is -0.134. The van der Waals surface area contributed by atoms with Crippen LogP contribution in [0.3, 0.4) is 0 Å². The number of morpholine rings is 1. The van der Waals surface area contributed by atoms with E-state index < -0.39 is 0 Å². The van der Waals surface area contributed by atoms with Crippen LogP contribution in [0.15, 0.2) is 24.5 Å². The van der Waals surface area contributed by atoms with Crippen LogP contribution in [0.25, 0.3) is 0 Å². The Balaban J connectivity index is 1.53. The lowest BCUT2D eigenvalue weighted by Crippen LogP contribution is -2.44. The summed E-state index contributed by atoms with van der Waals surface area (Å²) in [5, 5.41) is 15.2. The van der Waals surface area contributed by atoms with E-state index in [2.05, 4.69) is 20.6 Å². The van der Waals surface area contributed by atoms with Crippen molar-refractivity contribution in [2.75, 3.05) is 51.8 Å². The molecular formula is C22H25ClN6O4. The second-order valence-corrected chi connectivity index (χ2v) is 7.70. The number of carbonyl (C=O) groups excluding carboxylic acids is 2. The Bertz CT molecular complexity index is 1020. The third kappa shape index (κ3) is 7.12. The van der Waals surface area contributed by atoms with E-state index in [1.54, 1.807) is 17.0 Å². The van der Waals surface area contributed by atoms with Gasteiger partial charge in [0.1, 0.15) is 11.8 Å². The molecule has 0 aliphatic carbocycles. The van der Waals surface area contributed by atoms with Gasteiger partial charge in [-0.1, -0.05) is 11.6 Å². The Hall–Kier alpha value is -3.26. The number of hydrogen-bond donors (Lipinski definition) is 2. The van der Waals surface area contributed by atoms with E-state index in [0.717, 1.165) is 5.56 Å². The number of nitriles is 1. The van der Waals surface area contributed by atoms with Crippen molar-refractivity contribution in [1.29, 1.82) is 5.26 Å². The van der Waals surface area contributed by atoms with Crippen LogP contribution >= 0.6 is 11.6 Å². The van der Waals surface area contributed by atoms with Gasteiger partial charge in [-0.05, 0) is 30.7 Å². The molecule has 10 nitrogen and oxygen atoms in total. The van der Waals surface area contributed by atoms with Crippen molar-refractivity contribution >= 4 is 29.1 Å². The highest BCUT2D eigenvalue weighted by atomic mass is 35.5. The predicted molar refractivity (Wildman–Crippen MR) is 121 cm³/mol. The Morgan fingerprint density at radius 2 is 2.06 bits per heavy atom. The van der Waals surface area contributed by atoms with Crippen molar-refractivity contribution in [1.82, 2.24) is 20.2 Å². The molecule has 3 rings (SSSR count). The number of ether oxygens (including phenoxy) is 2. The normalized spacial score (nSPS) is 13.3. The van der Waals surface area contributed by atoms with Crippen molar-refractivity contribution in [3.05, 3.63) is 46.5 Å². The Morgan fingerprint density at radius 3 is 2.73 bits per heavy atom. The molecule has 0 atom stereocenters. The minimum atomic E-state index is -0.320. The topological polar surface area (TPSA) is 129 Å². The summed E-state index contributed by atoms with van der Waals surface area (Å²) in [6, 6.07) is 5.28. The summed E-state index contributed by atoms with van der Waals surface area (Å²) in [5.74, 6) is 0.199. The number of nitrogens with zero attached hydrogens (tertiary/aromatic N) is 4. The highest BCUT2D eigenvalue weighted by Gasteiger charge is 2.17. The van der Waals surface area contributed by atoms with Crippen LogP contribution in [0.5, 0.6) is 5.75 Å². The minimum absolute atomic E-state index is 0.0116. The maximum Gasteiger partial charge on any atom is 0.236 e. The van der Waals surface area contributed by atoms with Crippen LogP contribution in [0, 0.1) is 11.3 Å². The number of benzene rings is 1. The minimum Gasteiger partial charge on any atom is -0.495 e. The third-order valence-electron chi connectivity index (χ3n) is 5.02. The van der Waals surface area contributed by atoms with Crippen LogP contribution in [0.1, 0.15) is 17.0 Å². The second-order valence-electron chi connectivity index (χ2n) is 7.29. The fourth-order valence-corrected chi connectivity index (χ4v) is 3.52. The number of hydrogen-bond acceptors (Lipinski definition) is 8. The molecule has 0 saturated carbocycles.